The van der Waals surface area contributed by atoms with Gasteiger partial charge >= 0.3 is 51.4 Å². The molecule has 0 aliphatic carbocycles. The van der Waals surface area contributed by atoms with Gasteiger partial charge in [0.05, 0.1) is 12.2 Å². The second kappa shape index (κ2) is 7.01. The van der Waals surface area contributed by atoms with Gasteiger partial charge in [-0.3, -0.25) is 4.79 Å². The summed E-state index contributed by atoms with van der Waals surface area (Å²) in [6.45, 7) is 1.16. The predicted octanol–water partition coefficient (Wildman–Crippen LogP) is -4.40. The van der Waals surface area contributed by atoms with Gasteiger partial charge in [0, 0.05) is 50.2 Å². The van der Waals surface area contributed by atoms with Crippen molar-refractivity contribution < 1.29 is 70.8 Å². The van der Waals surface area contributed by atoms with Gasteiger partial charge in [0.25, 0.3) is 5.91 Å². The molecule has 0 saturated carbocycles. The number of pyridine rings is 1. The molecule has 25 heavy (non-hydrogen) atoms. The van der Waals surface area contributed by atoms with E-state index >= 15 is 0 Å². The molecular formula is C15H16KN5O4. The van der Waals surface area contributed by atoms with Gasteiger partial charge in [-0.05, 0) is 12.5 Å². The molecule has 2 aliphatic heterocycles. The van der Waals surface area contributed by atoms with Crippen molar-refractivity contribution in [2.75, 3.05) is 26.3 Å². The van der Waals surface area contributed by atoms with E-state index in [1.54, 1.807) is 18.0 Å². The first-order valence-corrected chi connectivity index (χ1v) is 7.76. The zero-order valence-corrected chi connectivity index (χ0v) is 17.3. The van der Waals surface area contributed by atoms with Crippen molar-refractivity contribution in [2.24, 2.45) is 18.4 Å². The van der Waals surface area contributed by atoms with Crippen LogP contribution >= 0.6 is 0 Å². The number of rotatable bonds is 2. The van der Waals surface area contributed by atoms with E-state index in [9.17, 15) is 14.7 Å². The fraction of sp³-hybridized carbons (Fsp3) is 0.533. The maximum absolute atomic E-state index is 12.9. The van der Waals surface area contributed by atoms with Crippen molar-refractivity contribution in [1.29, 1.82) is 0 Å². The normalized spacial score (nSPS) is 25.5. The van der Waals surface area contributed by atoms with Crippen molar-refractivity contribution in [2.45, 2.75) is 6.42 Å². The topological polar surface area (TPSA) is 113 Å². The minimum atomic E-state index is -1.11. The Morgan fingerprint density at radius 2 is 2.24 bits per heavy atom. The van der Waals surface area contributed by atoms with Crippen molar-refractivity contribution >= 4 is 23.0 Å². The van der Waals surface area contributed by atoms with Gasteiger partial charge in [-0.15, -0.1) is 5.10 Å². The van der Waals surface area contributed by atoms with Crippen molar-refractivity contribution in [3.8, 4) is 0 Å². The van der Waals surface area contributed by atoms with Crippen LogP contribution in [-0.2, 0) is 16.6 Å². The molecule has 2 aliphatic rings. The van der Waals surface area contributed by atoms with Gasteiger partial charge in [-0.1, -0.05) is 5.21 Å². The maximum Gasteiger partial charge on any atom is 1.00 e. The summed E-state index contributed by atoms with van der Waals surface area (Å²) >= 11 is 0. The van der Waals surface area contributed by atoms with Crippen LogP contribution in [0.1, 0.15) is 16.8 Å². The van der Waals surface area contributed by atoms with E-state index in [1.807, 2.05) is 0 Å². The third kappa shape index (κ3) is 2.94. The Kier molecular flexibility index (Phi) is 5.29. The maximum atomic E-state index is 12.9. The van der Waals surface area contributed by atoms with Gasteiger partial charge < -0.3 is 19.5 Å². The van der Waals surface area contributed by atoms with Crippen LogP contribution in [0.15, 0.2) is 12.3 Å². The quantitative estimate of drug-likeness (QED) is 0.491. The van der Waals surface area contributed by atoms with E-state index in [-0.39, 0.29) is 69.8 Å². The zero-order valence-electron chi connectivity index (χ0n) is 14.1. The number of carboxylic acids is 1. The molecule has 0 bridgehead atoms. The van der Waals surface area contributed by atoms with E-state index in [0.29, 0.717) is 42.9 Å². The first-order valence-electron chi connectivity index (χ1n) is 7.76. The molecule has 0 spiro atoms. The average Bonchev–Trinajstić information content (AvgIpc) is 3.16. The molecule has 0 aromatic carbocycles. The molecule has 4 rings (SSSR count). The number of aliphatic carboxylic acids is 1. The number of ether oxygens (including phenoxy) is 1. The average molecular weight is 369 g/mol. The summed E-state index contributed by atoms with van der Waals surface area (Å²) in [7, 11) is 1.70. The largest absolute Gasteiger partial charge is 1.00 e. The Morgan fingerprint density at radius 3 is 2.96 bits per heavy atom. The summed E-state index contributed by atoms with van der Waals surface area (Å²) in [6, 6.07) is 1.59. The second-order valence-electron chi connectivity index (χ2n) is 6.39. The number of carbonyl (C=O) groups is 2. The number of aryl methyl sites for hydroxylation is 1. The molecule has 2 saturated heterocycles. The number of hydrogen-bond acceptors (Lipinski definition) is 7. The Bertz CT molecular complexity index is 840. The summed E-state index contributed by atoms with van der Waals surface area (Å²) in [6.07, 6.45) is 1.89. The van der Waals surface area contributed by atoms with Gasteiger partial charge in [-0.25, -0.2) is 9.67 Å². The Balaban J connectivity index is 0.00000182. The SMILES string of the molecule is Cn1nnc2c(C(=O)N3C[C@H]4COCC[C@@]4(C(=O)[O-])C3)ccnc21.[K+]. The van der Waals surface area contributed by atoms with Crippen LogP contribution < -0.4 is 56.5 Å². The van der Waals surface area contributed by atoms with E-state index in [2.05, 4.69) is 15.3 Å². The molecule has 10 heteroatoms. The summed E-state index contributed by atoms with van der Waals surface area (Å²) in [5.41, 5.74) is 0.276. The molecule has 126 valence electrons. The van der Waals surface area contributed by atoms with Crippen LogP contribution in [0.2, 0.25) is 0 Å². The molecule has 2 aromatic rings. The van der Waals surface area contributed by atoms with Gasteiger partial charge in [0.15, 0.2) is 5.65 Å². The second-order valence-corrected chi connectivity index (χ2v) is 6.39. The number of carbonyl (C=O) groups excluding carboxylic acids is 2. The van der Waals surface area contributed by atoms with Gasteiger partial charge in [0.2, 0.25) is 0 Å². The number of carboxylic acid groups (broad SMARTS) is 1. The molecule has 9 nitrogen and oxygen atoms in total. The number of hydrogen-bond donors (Lipinski definition) is 0. The molecule has 4 heterocycles. The van der Waals surface area contributed by atoms with Crippen LogP contribution in [-0.4, -0.2) is 63.1 Å². The first-order chi connectivity index (χ1) is 11.5. The zero-order chi connectivity index (χ0) is 16.9. The monoisotopic (exact) mass is 369 g/mol. The molecule has 0 N–H and O–H groups in total. The molecule has 2 aromatic heterocycles. The summed E-state index contributed by atoms with van der Waals surface area (Å²) in [4.78, 5) is 30.4. The fourth-order valence-corrected chi connectivity index (χ4v) is 3.71. The number of amides is 1. The Hall–Kier alpha value is -0.914. The summed E-state index contributed by atoms with van der Waals surface area (Å²) in [5.74, 6) is -1.62. The van der Waals surface area contributed by atoms with Crippen molar-refractivity contribution in [3.63, 3.8) is 0 Å². The van der Waals surface area contributed by atoms with Crippen LogP contribution in [0.3, 0.4) is 0 Å². The Labute approximate surface area is 186 Å². The summed E-state index contributed by atoms with van der Waals surface area (Å²) in [5, 5.41) is 19.6. The molecular weight excluding hydrogens is 353 g/mol. The van der Waals surface area contributed by atoms with E-state index < -0.39 is 11.4 Å². The standard InChI is InChI=1S/C15H17N5O4.K/c1-19-12-11(17-18-19)10(2-4-16-12)13(21)20-6-9-7-24-5-3-15(9,8-20)14(22)23;/h2,4,9H,3,5-8H2,1H3,(H,22,23);/q;+1/p-1/t9-,15+;/m0./s1. The predicted molar refractivity (Wildman–Crippen MR) is 78.6 cm³/mol. The fourth-order valence-electron chi connectivity index (χ4n) is 3.71. The van der Waals surface area contributed by atoms with E-state index in [1.165, 1.54) is 10.9 Å². The van der Waals surface area contributed by atoms with Crippen LogP contribution in [0, 0.1) is 11.3 Å². The number of aromatic nitrogens is 4. The van der Waals surface area contributed by atoms with Crippen LogP contribution in [0.5, 0.6) is 0 Å². The van der Waals surface area contributed by atoms with Gasteiger partial charge in [-0.2, -0.15) is 0 Å². The molecule has 0 unspecified atom stereocenters. The minimum absolute atomic E-state index is 0. The van der Waals surface area contributed by atoms with Crippen LogP contribution in [0.4, 0.5) is 0 Å². The smallest absolute Gasteiger partial charge is 0.549 e. The van der Waals surface area contributed by atoms with Crippen molar-refractivity contribution in [1.82, 2.24) is 24.9 Å². The summed E-state index contributed by atoms with van der Waals surface area (Å²) < 4.78 is 6.89. The number of fused-ring (bicyclic) bond motifs is 2. The van der Waals surface area contributed by atoms with Crippen molar-refractivity contribution in [3.05, 3.63) is 17.8 Å². The third-order valence-electron chi connectivity index (χ3n) is 5.12. The van der Waals surface area contributed by atoms with E-state index in [4.69, 9.17) is 4.74 Å². The molecule has 1 amide bonds. The molecule has 2 fully saturated rings. The Morgan fingerprint density at radius 1 is 1.44 bits per heavy atom. The first kappa shape index (κ1) is 18.9. The van der Waals surface area contributed by atoms with Crippen LogP contribution in [0.25, 0.3) is 11.2 Å². The number of nitrogens with zero attached hydrogens (tertiary/aromatic N) is 5. The van der Waals surface area contributed by atoms with Gasteiger partial charge in [0.1, 0.15) is 5.52 Å². The minimum Gasteiger partial charge on any atom is -0.549 e. The number of likely N-dealkylation sites (tertiary alicyclic amines) is 1. The van der Waals surface area contributed by atoms with E-state index in [0.717, 1.165) is 0 Å². The molecule has 2 atom stereocenters. The third-order valence-corrected chi connectivity index (χ3v) is 5.12. The molecule has 0 radical (unpaired) electrons.